The number of esters is 1. The van der Waals surface area contributed by atoms with Crippen LogP contribution in [0.2, 0.25) is 0 Å². The van der Waals surface area contributed by atoms with E-state index in [0.29, 0.717) is 10.9 Å². The molecule has 2 unspecified atom stereocenters. The average molecular weight is 445 g/mol. The van der Waals surface area contributed by atoms with Crippen LogP contribution in [0, 0.1) is 11.3 Å². The summed E-state index contributed by atoms with van der Waals surface area (Å²) in [7, 11) is 0. The van der Waals surface area contributed by atoms with Crippen molar-refractivity contribution in [2.24, 2.45) is 11.3 Å². The number of hydrogen-bond acceptors (Lipinski definition) is 3. The highest BCUT2D eigenvalue weighted by atomic mass is 79.9. The molecule has 0 aromatic carbocycles. The Hall–Kier alpha value is 0.320. The lowest BCUT2D eigenvalue weighted by atomic mass is 9.64. The Morgan fingerprint density at radius 2 is 2.22 bits per heavy atom. The zero-order chi connectivity index (χ0) is 13.6. The number of alkyl halides is 2. The second kappa shape index (κ2) is 5.02. The van der Waals surface area contributed by atoms with Gasteiger partial charge in [0.15, 0.2) is 11.2 Å². The van der Waals surface area contributed by atoms with E-state index in [1.165, 1.54) is 0 Å². The number of hydrogen-bond donors (Lipinski definition) is 0. The predicted molar refractivity (Wildman–Crippen MR) is 79.0 cm³/mol. The molecule has 0 amide bonds. The highest BCUT2D eigenvalue weighted by Crippen LogP contribution is 2.57. The fourth-order valence-corrected chi connectivity index (χ4v) is 5.54. The molecule has 2 rings (SSSR count). The van der Waals surface area contributed by atoms with E-state index in [2.05, 4.69) is 47.8 Å². The van der Waals surface area contributed by atoms with Crippen molar-refractivity contribution in [2.75, 3.05) is 6.61 Å². The van der Waals surface area contributed by atoms with Crippen LogP contribution in [0.1, 0.15) is 26.2 Å². The number of rotatable bonds is 2. The van der Waals surface area contributed by atoms with Crippen LogP contribution in [-0.2, 0) is 14.3 Å². The lowest BCUT2D eigenvalue weighted by Crippen LogP contribution is -2.54. The molecule has 3 nitrogen and oxygen atoms in total. The van der Waals surface area contributed by atoms with E-state index < -0.39 is 14.6 Å². The molecule has 18 heavy (non-hydrogen) atoms. The van der Waals surface area contributed by atoms with E-state index in [-0.39, 0.29) is 18.3 Å². The number of Topliss-reactive ketones (excluding diaryl/α,β-unsaturated/α-hetero) is 1. The standard InChI is InChI=1S/C12H13Br3O3/c1-2-18-10(17)11-5-3-4-7(9(11)16)12(14,15)6-8(11)13/h6-7H,2-5H2,1H3. The van der Waals surface area contributed by atoms with E-state index in [1.807, 2.05) is 6.08 Å². The van der Waals surface area contributed by atoms with Crippen LogP contribution in [0.15, 0.2) is 10.6 Å². The van der Waals surface area contributed by atoms with Crippen LogP contribution in [-0.4, -0.2) is 21.6 Å². The number of carbonyl (C=O) groups excluding carboxylic acids is 2. The maximum Gasteiger partial charge on any atom is 0.324 e. The third kappa shape index (κ3) is 2.04. The summed E-state index contributed by atoms with van der Waals surface area (Å²) in [6.07, 6.45) is 3.98. The van der Waals surface area contributed by atoms with Crippen molar-refractivity contribution in [1.29, 1.82) is 0 Å². The van der Waals surface area contributed by atoms with Crippen LogP contribution in [0.25, 0.3) is 0 Å². The molecule has 0 N–H and O–H groups in total. The smallest absolute Gasteiger partial charge is 0.324 e. The molecule has 2 atom stereocenters. The van der Waals surface area contributed by atoms with Gasteiger partial charge in [-0.05, 0) is 25.8 Å². The summed E-state index contributed by atoms with van der Waals surface area (Å²) in [5, 5.41) is 0. The number of halogens is 3. The molecule has 1 saturated carbocycles. The topological polar surface area (TPSA) is 43.4 Å². The van der Waals surface area contributed by atoms with Crippen LogP contribution < -0.4 is 0 Å². The molecule has 2 aliphatic carbocycles. The van der Waals surface area contributed by atoms with Gasteiger partial charge >= 0.3 is 5.97 Å². The third-order valence-corrected chi connectivity index (χ3v) is 6.07. The molecule has 0 aliphatic heterocycles. The van der Waals surface area contributed by atoms with Crippen molar-refractivity contribution in [3.63, 3.8) is 0 Å². The Kier molecular flexibility index (Phi) is 4.10. The second-order valence-electron chi connectivity index (χ2n) is 4.60. The summed E-state index contributed by atoms with van der Waals surface area (Å²) in [6, 6.07) is 0. The normalized spacial score (nSPS) is 33.9. The molecule has 6 heteroatoms. The summed E-state index contributed by atoms with van der Waals surface area (Å²) in [5.74, 6) is -0.731. The average Bonchev–Trinajstić information content (AvgIpc) is 2.26. The maximum atomic E-state index is 12.6. The van der Waals surface area contributed by atoms with Gasteiger partial charge in [0.05, 0.1) is 6.61 Å². The van der Waals surface area contributed by atoms with Gasteiger partial charge in [0.1, 0.15) is 3.23 Å². The Morgan fingerprint density at radius 3 is 2.83 bits per heavy atom. The van der Waals surface area contributed by atoms with Crippen molar-refractivity contribution in [3.8, 4) is 0 Å². The van der Waals surface area contributed by atoms with Gasteiger partial charge in [-0.2, -0.15) is 0 Å². The molecule has 0 heterocycles. The summed E-state index contributed by atoms with van der Waals surface area (Å²) in [5.41, 5.74) is -1.12. The minimum absolute atomic E-state index is 0.0599. The first kappa shape index (κ1) is 14.7. The molecule has 0 aromatic rings. The highest BCUT2D eigenvalue weighted by Gasteiger charge is 2.60. The Bertz CT molecular complexity index is 430. The number of carbonyl (C=O) groups is 2. The maximum absolute atomic E-state index is 12.6. The van der Waals surface area contributed by atoms with Crippen LogP contribution in [0.3, 0.4) is 0 Å². The first-order valence-corrected chi connectivity index (χ1v) is 8.22. The first-order valence-electron chi connectivity index (χ1n) is 5.84. The SMILES string of the molecule is CCOC(=O)C12CCCC(C1=O)C(Br)(Br)C=C2Br. The van der Waals surface area contributed by atoms with Crippen molar-refractivity contribution in [3.05, 3.63) is 10.6 Å². The third-order valence-electron chi connectivity index (χ3n) is 3.60. The van der Waals surface area contributed by atoms with E-state index in [4.69, 9.17) is 4.74 Å². The van der Waals surface area contributed by atoms with Crippen molar-refractivity contribution in [1.82, 2.24) is 0 Å². The first-order chi connectivity index (χ1) is 8.36. The van der Waals surface area contributed by atoms with Crippen molar-refractivity contribution < 1.29 is 14.3 Å². The monoisotopic (exact) mass is 442 g/mol. The van der Waals surface area contributed by atoms with Gasteiger partial charge in [0, 0.05) is 10.4 Å². The fourth-order valence-electron chi connectivity index (χ4n) is 2.67. The fraction of sp³-hybridized carbons (Fsp3) is 0.667. The summed E-state index contributed by atoms with van der Waals surface area (Å²) >= 11 is 10.4. The Balaban J connectivity index is 2.52. The van der Waals surface area contributed by atoms with Crippen LogP contribution in [0.4, 0.5) is 0 Å². The van der Waals surface area contributed by atoms with Gasteiger partial charge in [0.25, 0.3) is 0 Å². The minimum atomic E-state index is -1.12. The van der Waals surface area contributed by atoms with E-state index in [1.54, 1.807) is 6.92 Å². The zero-order valence-corrected chi connectivity index (χ0v) is 14.6. The molecular formula is C12H13Br3O3. The van der Waals surface area contributed by atoms with Crippen molar-refractivity contribution in [2.45, 2.75) is 29.4 Å². The zero-order valence-electron chi connectivity index (χ0n) is 9.84. The lowest BCUT2D eigenvalue weighted by molar-refractivity contribution is -0.161. The summed E-state index contributed by atoms with van der Waals surface area (Å²) in [6.45, 7) is 2.03. The minimum Gasteiger partial charge on any atom is -0.465 e. The van der Waals surface area contributed by atoms with Gasteiger partial charge in [-0.1, -0.05) is 54.2 Å². The van der Waals surface area contributed by atoms with Crippen LogP contribution in [0.5, 0.6) is 0 Å². The Labute approximate surface area is 131 Å². The number of allylic oxidation sites excluding steroid dienone is 1. The van der Waals surface area contributed by atoms with Gasteiger partial charge < -0.3 is 4.74 Å². The molecule has 100 valence electrons. The second-order valence-corrected chi connectivity index (χ2v) is 9.14. The molecular weight excluding hydrogens is 432 g/mol. The molecule has 1 fully saturated rings. The molecule has 0 saturated heterocycles. The van der Waals surface area contributed by atoms with Crippen LogP contribution >= 0.6 is 47.8 Å². The van der Waals surface area contributed by atoms with E-state index >= 15 is 0 Å². The molecule has 2 bridgehead atoms. The Morgan fingerprint density at radius 1 is 1.56 bits per heavy atom. The predicted octanol–water partition coefficient (Wildman–Crippen LogP) is 3.68. The number of fused-ring (bicyclic) bond motifs is 2. The van der Waals surface area contributed by atoms with E-state index in [9.17, 15) is 9.59 Å². The van der Waals surface area contributed by atoms with Gasteiger partial charge in [-0.25, -0.2) is 0 Å². The lowest BCUT2D eigenvalue weighted by Gasteiger charge is -2.45. The van der Waals surface area contributed by atoms with Gasteiger partial charge in [-0.15, -0.1) is 0 Å². The summed E-state index contributed by atoms with van der Waals surface area (Å²) in [4.78, 5) is 24.9. The number of ketones is 1. The quantitative estimate of drug-likeness (QED) is 0.370. The van der Waals surface area contributed by atoms with Gasteiger partial charge in [-0.3, -0.25) is 9.59 Å². The highest BCUT2D eigenvalue weighted by molar-refractivity contribution is 9.25. The van der Waals surface area contributed by atoms with Gasteiger partial charge in [0.2, 0.25) is 0 Å². The molecule has 0 aromatic heterocycles. The summed E-state index contributed by atoms with van der Waals surface area (Å²) < 4.78 is 5.14. The molecule has 0 spiro atoms. The number of ether oxygens (including phenoxy) is 1. The van der Waals surface area contributed by atoms with E-state index in [0.717, 1.165) is 12.8 Å². The largest absolute Gasteiger partial charge is 0.465 e. The molecule has 0 radical (unpaired) electrons. The van der Waals surface area contributed by atoms with Crippen molar-refractivity contribution >= 4 is 59.5 Å². The molecule has 2 aliphatic rings.